The number of benzene rings is 2. The van der Waals surface area contributed by atoms with Gasteiger partial charge in [-0.05, 0) is 23.3 Å². The van der Waals surface area contributed by atoms with Crippen molar-refractivity contribution in [2.75, 3.05) is 14.2 Å². The van der Waals surface area contributed by atoms with E-state index in [2.05, 4.69) is 15.9 Å². The fraction of sp³-hybridized carbons (Fsp3) is 0.294. The quantitative estimate of drug-likeness (QED) is 0.776. The average molecular weight is 403 g/mol. The molecule has 4 nitrogen and oxygen atoms in total. The highest BCUT2D eigenvalue weighted by Gasteiger charge is 2.22. The van der Waals surface area contributed by atoms with Gasteiger partial charge in [0.25, 0.3) is 0 Å². The van der Waals surface area contributed by atoms with Gasteiger partial charge in [-0.15, -0.1) is 12.4 Å². The maximum absolute atomic E-state index is 10.4. The molecule has 0 saturated carbocycles. The van der Waals surface area contributed by atoms with Crippen LogP contribution in [0.1, 0.15) is 17.2 Å². The SMILES string of the molecule is COc1cc(Br)c([C@H](N)[C@H](O)Cc2ccccc2)cc1OC.Cl. The van der Waals surface area contributed by atoms with E-state index in [4.69, 9.17) is 15.2 Å². The molecule has 0 heterocycles. The van der Waals surface area contributed by atoms with Gasteiger partial charge >= 0.3 is 0 Å². The van der Waals surface area contributed by atoms with Crippen molar-refractivity contribution in [3.8, 4) is 11.5 Å². The van der Waals surface area contributed by atoms with E-state index < -0.39 is 12.1 Å². The summed E-state index contributed by atoms with van der Waals surface area (Å²) in [7, 11) is 3.15. The van der Waals surface area contributed by atoms with E-state index in [1.165, 1.54) is 0 Å². The molecular formula is C17H21BrClNO3. The Morgan fingerprint density at radius 2 is 1.65 bits per heavy atom. The molecule has 126 valence electrons. The topological polar surface area (TPSA) is 64.7 Å². The molecule has 0 aliphatic rings. The molecular weight excluding hydrogens is 382 g/mol. The Bertz CT molecular complexity index is 625. The maximum atomic E-state index is 10.4. The molecule has 0 saturated heterocycles. The molecule has 2 rings (SSSR count). The molecule has 0 aliphatic heterocycles. The van der Waals surface area contributed by atoms with Gasteiger partial charge in [0.15, 0.2) is 11.5 Å². The summed E-state index contributed by atoms with van der Waals surface area (Å²) in [6.45, 7) is 0. The Morgan fingerprint density at radius 3 is 2.22 bits per heavy atom. The van der Waals surface area contributed by atoms with Gasteiger partial charge in [0.05, 0.1) is 26.4 Å². The van der Waals surface area contributed by atoms with Crippen molar-refractivity contribution in [2.45, 2.75) is 18.6 Å². The first-order chi connectivity index (χ1) is 10.6. The fourth-order valence-corrected chi connectivity index (χ4v) is 2.90. The summed E-state index contributed by atoms with van der Waals surface area (Å²) >= 11 is 3.48. The molecule has 0 fully saturated rings. The summed E-state index contributed by atoms with van der Waals surface area (Å²) in [5.41, 5.74) is 8.05. The first-order valence-electron chi connectivity index (χ1n) is 6.95. The van der Waals surface area contributed by atoms with Crippen molar-refractivity contribution in [3.63, 3.8) is 0 Å². The van der Waals surface area contributed by atoms with Gasteiger partial charge in [-0.2, -0.15) is 0 Å². The minimum absolute atomic E-state index is 0. The average Bonchev–Trinajstić information content (AvgIpc) is 2.54. The number of hydrogen-bond donors (Lipinski definition) is 2. The highest BCUT2D eigenvalue weighted by molar-refractivity contribution is 9.10. The third kappa shape index (κ3) is 4.85. The minimum atomic E-state index is -0.697. The lowest BCUT2D eigenvalue weighted by molar-refractivity contribution is 0.144. The normalized spacial score (nSPS) is 12.9. The van der Waals surface area contributed by atoms with Gasteiger partial charge in [-0.1, -0.05) is 46.3 Å². The zero-order chi connectivity index (χ0) is 16.1. The predicted octanol–water partition coefficient (Wildman–Crippen LogP) is 3.49. The van der Waals surface area contributed by atoms with Crippen molar-refractivity contribution in [1.29, 1.82) is 0 Å². The third-order valence-corrected chi connectivity index (χ3v) is 4.25. The van der Waals surface area contributed by atoms with Crippen LogP contribution < -0.4 is 15.2 Å². The van der Waals surface area contributed by atoms with Gasteiger partial charge < -0.3 is 20.3 Å². The molecule has 2 aromatic carbocycles. The van der Waals surface area contributed by atoms with Crippen LogP contribution >= 0.6 is 28.3 Å². The van der Waals surface area contributed by atoms with Crippen LogP contribution in [-0.4, -0.2) is 25.4 Å². The molecule has 23 heavy (non-hydrogen) atoms. The number of aliphatic hydroxyl groups is 1. The third-order valence-electron chi connectivity index (χ3n) is 3.56. The highest BCUT2D eigenvalue weighted by Crippen LogP contribution is 2.36. The molecule has 0 radical (unpaired) electrons. The monoisotopic (exact) mass is 401 g/mol. The highest BCUT2D eigenvalue weighted by atomic mass is 79.9. The van der Waals surface area contributed by atoms with Gasteiger partial charge in [-0.25, -0.2) is 0 Å². The number of hydrogen-bond acceptors (Lipinski definition) is 4. The lowest BCUT2D eigenvalue weighted by Crippen LogP contribution is -2.28. The number of ether oxygens (including phenoxy) is 2. The summed E-state index contributed by atoms with van der Waals surface area (Å²) in [6.07, 6.45) is -0.209. The largest absolute Gasteiger partial charge is 0.493 e. The molecule has 0 spiro atoms. The van der Waals surface area contributed by atoms with Gasteiger partial charge in [0.2, 0.25) is 0 Å². The first-order valence-corrected chi connectivity index (χ1v) is 7.75. The van der Waals surface area contributed by atoms with Gasteiger partial charge in [0.1, 0.15) is 0 Å². The van der Waals surface area contributed by atoms with Crippen LogP contribution in [0, 0.1) is 0 Å². The second-order valence-corrected chi connectivity index (χ2v) is 5.87. The molecule has 2 aromatic rings. The number of methoxy groups -OCH3 is 2. The number of aliphatic hydroxyl groups excluding tert-OH is 1. The van der Waals surface area contributed by atoms with E-state index >= 15 is 0 Å². The van der Waals surface area contributed by atoms with Crippen LogP contribution in [0.4, 0.5) is 0 Å². The zero-order valence-electron chi connectivity index (χ0n) is 13.0. The second-order valence-electron chi connectivity index (χ2n) is 5.01. The van der Waals surface area contributed by atoms with Crippen molar-refractivity contribution < 1.29 is 14.6 Å². The fourth-order valence-electron chi connectivity index (χ4n) is 2.32. The number of rotatable bonds is 6. The predicted molar refractivity (Wildman–Crippen MR) is 97.6 cm³/mol. The van der Waals surface area contributed by atoms with E-state index in [0.29, 0.717) is 17.9 Å². The zero-order valence-corrected chi connectivity index (χ0v) is 15.4. The molecule has 0 aromatic heterocycles. The van der Waals surface area contributed by atoms with Crippen LogP contribution in [0.3, 0.4) is 0 Å². The van der Waals surface area contributed by atoms with Crippen LogP contribution in [-0.2, 0) is 6.42 Å². The summed E-state index contributed by atoms with van der Waals surface area (Å²) in [5.74, 6) is 1.20. The summed E-state index contributed by atoms with van der Waals surface area (Å²) < 4.78 is 11.3. The standard InChI is InChI=1S/C17H20BrNO3.ClH/c1-21-15-9-12(13(18)10-16(15)22-2)17(19)14(20)8-11-6-4-3-5-7-11;/h3-7,9-10,14,17,20H,8,19H2,1-2H3;1H/t14-,17+;/m1./s1. The van der Waals surface area contributed by atoms with E-state index in [1.807, 2.05) is 30.3 Å². The minimum Gasteiger partial charge on any atom is -0.493 e. The lowest BCUT2D eigenvalue weighted by Gasteiger charge is -2.22. The van der Waals surface area contributed by atoms with E-state index in [1.54, 1.807) is 26.4 Å². The smallest absolute Gasteiger partial charge is 0.161 e. The molecule has 6 heteroatoms. The summed E-state index contributed by atoms with van der Waals surface area (Å²) in [6, 6.07) is 12.8. The molecule has 3 N–H and O–H groups in total. The lowest BCUT2D eigenvalue weighted by atomic mass is 9.96. The Balaban J connectivity index is 0.00000264. The van der Waals surface area contributed by atoms with Crippen LogP contribution in [0.2, 0.25) is 0 Å². The van der Waals surface area contributed by atoms with E-state index in [0.717, 1.165) is 15.6 Å². The first kappa shape index (κ1) is 19.8. The van der Waals surface area contributed by atoms with Crippen LogP contribution in [0.25, 0.3) is 0 Å². The molecule has 0 amide bonds. The Kier molecular flexibility index (Phi) is 7.85. The van der Waals surface area contributed by atoms with Crippen molar-refractivity contribution >= 4 is 28.3 Å². The summed E-state index contributed by atoms with van der Waals surface area (Å²) in [4.78, 5) is 0. The van der Waals surface area contributed by atoms with Crippen LogP contribution in [0.5, 0.6) is 11.5 Å². The van der Waals surface area contributed by atoms with Gasteiger partial charge in [0, 0.05) is 10.9 Å². The molecule has 0 bridgehead atoms. The van der Waals surface area contributed by atoms with E-state index in [-0.39, 0.29) is 12.4 Å². The molecule has 0 aliphatic carbocycles. The Labute approximate surface area is 151 Å². The van der Waals surface area contributed by atoms with Crippen molar-refractivity contribution in [3.05, 3.63) is 58.1 Å². The maximum Gasteiger partial charge on any atom is 0.161 e. The molecule has 2 atom stereocenters. The summed E-state index contributed by atoms with van der Waals surface area (Å²) in [5, 5.41) is 10.4. The van der Waals surface area contributed by atoms with Crippen molar-refractivity contribution in [1.82, 2.24) is 0 Å². The number of halogens is 2. The second kappa shape index (κ2) is 9.13. The van der Waals surface area contributed by atoms with Crippen LogP contribution in [0.15, 0.2) is 46.9 Å². The Morgan fingerprint density at radius 1 is 1.09 bits per heavy atom. The Hall–Kier alpha value is -1.27. The van der Waals surface area contributed by atoms with E-state index in [9.17, 15) is 5.11 Å². The van der Waals surface area contributed by atoms with Crippen molar-refractivity contribution in [2.24, 2.45) is 5.73 Å². The molecule has 0 unspecified atom stereocenters. The van der Waals surface area contributed by atoms with Gasteiger partial charge in [-0.3, -0.25) is 0 Å². The number of nitrogens with two attached hydrogens (primary N) is 1.